The molecule has 23 heavy (non-hydrogen) atoms. The van der Waals surface area contributed by atoms with Gasteiger partial charge in [-0.2, -0.15) is 22.0 Å². The highest BCUT2D eigenvalue weighted by Crippen LogP contribution is 2.36. The van der Waals surface area contributed by atoms with Gasteiger partial charge in [-0.3, -0.25) is 0 Å². The molecule has 126 valence electrons. The van der Waals surface area contributed by atoms with E-state index < -0.39 is 47.4 Å². The number of rotatable bonds is 3. The second-order valence-corrected chi connectivity index (χ2v) is 5.19. The summed E-state index contributed by atoms with van der Waals surface area (Å²) in [4.78, 5) is 14.4. The highest BCUT2D eigenvalue weighted by Gasteiger charge is 2.43. The number of carboxylic acid groups (broad SMARTS) is 1. The Bertz CT molecular complexity index is 762. The molecule has 1 aliphatic rings. The number of aromatic nitrogens is 1. The molecule has 1 aliphatic carbocycles. The average molecular weight is 358 g/mol. The van der Waals surface area contributed by atoms with Gasteiger partial charge in [0.15, 0.2) is 0 Å². The van der Waals surface area contributed by atoms with Gasteiger partial charge < -0.3 is 9.84 Å². The summed E-state index contributed by atoms with van der Waals surface area (Å²) in [5.74, 6) is -3.07. The van der Waals surface area contributed by atoms with Crippen LogP contribution in [0.3, 0.4) is 0 Å². The zero-order valence-electron chi connectivity index (χ0n) is 11.4. The standard InChI is InChI=1S/C13H9ClF5NO3/c1-4-8(23-12(15)16)2-5-6(14)3-7(11(21)22)20-10(5)9(4)13(17,18)19/h2-4,8,12H,1H3,(H,21,22). The highest BCUT2D eigenvalue weighted by atomic mass is 35.5. The lowest BCUT2D eigenvalue weighted by Crippen LogP contribution is -2.46. The molecule has 0 bridgehead atoms. The maximum Gasteiger partial charge on any atom is 0.415 e. The molecule has 2 unspecified atom stereocenters. The Morgan fingerprint density at radius 3 is 2.52 bits per heavy atom. The second kappa shape index (κ2) is 6.04. The van der Waals surface area contributed by atoms with Crippen molar-refractivity contribution in [3.63, 3.8) is 0 Å². The summed E-state index contributed by atoms with van der Waals surface area (Å²) >= 11 is 5.80. The molecule has 0 radical (unpaired) electrons. The molecule has 0 spiro atoms. The lowest BCUT2D eigenvalue weighted by atomic mass is 9.89. The van der Waals surface area contributed by atoms with Crippen molar-refractivity contribution in [2.45, 2.75) is 25.8 Å². The molecule has 0 amide bonds. The van der Waals surface area contributed by atoms with Crippen molar-refractivity contribution in [2.24, 2.45) is 5.92 Å². The fraction of sp³-hybridized carbons (Fsp3) is 0.385. The van der Waals surface area contributed by atoms with Gasteiger partial charge in [-0.15, -0.1) is 0 Å². The average Bonchev–Trinajstić information content (AvgIpc) is 2.37. The molecule has 2 rings (SSSR count). The summed E-state index contributed by atoms with van der Waals surface area (Å²) in [6, 6.07) is 0.850. The predicted molar refractivity (Wildman–Crippen MR) is 69.4 cm³/mol. The fourth-order valence-corrected chi connectivity index (χ4v) is 2.61. The smallest absolute Gasteiger partial charge is 0.415 e. The number of aromatic carboxylic acids is 1. The quantitative estimate of drug-likeness (QED) is 0.843. The summed E-state index contributed by atoms with van der Waals surface area (Å²) in [7, 11) is 0. The van der Waals surface area contributed by atoms with Gasteiger partial charge in [0, 0.05) is 11.1 Å². The number of halogens is 6. The molecule has 1 aromatic heterocycles. The first kappa shape index (κ1) is 17.6. The third kappa shape index (κ3) is 3.45. The van der Waals surface area contributed by atoms with Crippen molar-refractivity contribution in [3.05, 3.63) is 27.4 Å². The number of alkyl halides is 5. The van der Waals surface area contributed by atoms with E-state index in [1.54, 1.807) is 0 Å². The summed E-state index contributed by atoms with van der Waals surface area (Å²) < 4.78 is 69.0. The number of pyridine rings is 1. The van der Waals surface area contributed by atoms with Gasteiger partial charge >= 0.3 is 18.8 Å². The number of fused-ring (bicyclic) bond motifs is 1. The zero-order chi connectivity index (χ0) is 17.5. The first-order valence-electron chi connectivity index (χ1n) is 6.19. The molecule has 0 aliphatic heterocycles. The number of carboxylic acids is 1. The fourth-order valence-electron chi connectivity index (χ4n) is 2.35. The van der Waals surface area contributed by atoms with Gasteiger partial charge in [-0.1, -0.05) is 18.5 Å². The Hall–Kier alpha value is -1.74. The van der Waals surface area contributed by atoms with E-state index in [1.807, 2.05) is 0 Å². The Kier molecular flexibility index (Phi) is 4.63. The first-order chi connectivity index (χ1) is 10.5. The first-order valence-corrected chi connectivity index (χ1v) is 6.57. The van der Waals surface area contributed by atoms with Crippen molar-refractivity contribution < 1.29 is 36.6 Å². The third-order valence-corrected chi connectivity index (χ3v) is 3.64. The molecule has 0 saturated heterocycles. The van der Waals surface area contributed by atoms with E-state index in [4.69, 9.17) is 16.7 Å². The van der Waals surface area contributed by atoms with Crippen LogP contribution < -0.4 is 10.6 Å². The Morgan fingerprint density at radius 2 is 2.04 bits per heavy atom. The minimum absolute atomic E-state index is 0.284. The molecule has 1 aromatic rings. The molecular formula is C13H9ClF5NO3. The Balaban J connectivity index is 2.84. The number of nitrogens with zero attached hydrogens (tertiary/aromatic N) is 1. The van der Waals surface area contributed by atoms with Crippen molar-refractivity contribution in [3.8, 4) is 0 Å². The summed E-state index contributed by atoms with van der Waals surface area (Å²) in [5.41, 5.74) is -1.94. The minimum atomic E-state index is -4.92. The van der Waals surface area contributed by atoms with Crippen molar-refractivity contribution >= 4 is 29.2 Å². The van der Waals surface area contributed by atoms with Gasteiger partial charge in [-0.25, -0.2) is 9.78 Å². The maximum absolute atomic E-state index is 13.3. The van der Waals surface area contributed by atoms with E-state index in [0.717, 1.165) is 19.1 Å². The highest BCUT2D eigenvalue weighted by molar-refractivity contribution is 6.31. The van der Waals surface area contributed by atoms with Crippen molar-refractivity contribution in [1.29, 1.82) is 0 Å². The normalized spacial score (nSPS) is 21.1. The van der Waals surface area contributed by atoms with Crippen LogP contribution in [0.5, 0.6) is 0 Å². The van der Waals surface area contributed by atoms with Crippen molar-refractivity contribution in [2.75, 3.05) is 0 Å². The van der Waals surface area contributed by atoms with Crippen LogP contribution in [-0.4, -0.2) is 35.0 Å². The van der Waals surface area contributed by atoms with E-state index in [-0.39, 0.29) is 10.2 Å². The molecule has 4 nitrogen and oxygen atoms in total. The number of carbonyl (C=O) groups is 1. The monoisotopic (exact) mass is 357 g/mol. The van der Waals surface area contributed by atoms with Crippen LogP contribution in [-0.2, 0) is 4.74 Å². The van der Waals surface area contributed by atoms with E-state index >= 15 is 0 Å². The molecule has 1 N–H and O–H groups in total. The van der Waals surface area contributed by atoms with E-state index in [1.165, 1.54) is 0 Å². The van der Waals surface area contributed by atoms with Gasteiger partial charge in [0.1, 0.15) is 5.69 Å². The second-order valence-electron chi connectivity index (χ2n) is 4.78. The molecule has 10 heteroatoms. The molecule has 0 saturated carbocycles. The van der Waals surface area contributed by atoms with Gasteiger partial charge in [-0.05, 0) is 12.1 Å². The van der Waals surface area contributed by atoms with Crippen LogP contribution in [0.4, 0.5) is 22.0 Å². The predicted octanol–water partition coefficient (Wildman–Crippen LogP) is 2.18. The lowest BCUT2D eigenvalue weighted by molar-refractivity contribution is -0.157. The van der Waals surface area contributed by atoms with Crippen LogP contribution in [0, 0.1) is 5.92 Å². The summed E-state index contributed by atoms with van der Waals surface area (Å²) in [6.45, 7) is -2.24. The van der Waals surface area contributed by atoms with Crippen LogP contribution in [0.2, 0.25) is 5.02 Å². The van der Waals surface area contributed by atoms with Crippen LogP contribution >= 0.6 is 11.6 Å². The zero-order valence-corrected chi connectivity index (χ0v) is 12.1. The Labute approximate surface area is 130 Å². The molecule has 0 fully saturated rings. The molecular weight excluding hydrogens is 349 g/mol. The SMILES string of the molecule is CC1C(C(F)(F)F)=c2nc(C(=O)O)cc(Cl)c2=CC1OC(F)F. The largest absolute Gasteiger partial charge is 0.477 e. The topological polar surface area (TPSA) is 59.4 Å². The third-order valence-electron chi connectivity index (χ3n) is 3.33. The number of hydrogen-bond donors (Lipinski definition) is 1. The molecule has 2 atom stereocenters. The minimum Gasteiger partial charge on any atom is -0.477 e. The van der Waals surface area contributed by atoms with Crippen LogP contribution in [0.15, 0.2) is 6.07 Å². The summed E-state index contributed by atoms with van der Waals surface area (Å²) in [5, 5.41) is 7.57. The van der Waals surface area contributed by atoms with Crippen LogP contribution in [0.1, 0.15) is 17.4 Å². The van der Waals surface area contributed by atoms with E-state index in [0.29, 0.717) is 0 Å². The number of hydrogen-bond acceptors (Lipinski definition) is 3. The summed E-state index contributed by atoms with van der Waals surface area (Å²) in [6.07, 6.45) is -5.50. The maximum atomic E-state index is 13.3. The van der Waals surface area contributed by atoms with Gasteiger partial charge in [0.2, 0.25) is 0 Å². The van der Waals surface area contributed by atoms with E-state index in [2.05, 4.69) is 9.72 Å². The number of ether oxygens (including phenoxy) is 1. The van der Waals surface area contributed by atoms with Gasteiger partial charge in [0.25, 0.3) is 0 Å². The van der Waals surface area contributed by atoms with Gasteiger partial charge in [0.05, 0.1) is 22.0 Å². The molecule has 0 aromatic carbocycles. The van der Waals surface area contributed by atoms with E-state index in [9.17, 15) is 26.7 Å². The van der Waals surface area contributed by atoms with Crippen LogP contribution in [0.25, 0.3) is 11.6 Å². The van der Waals surface area contributed by atoms with Crippen molar-refractivity contribution in [1.82, 2.24) is 4.98 Å². The lowest BCUT2D eigenvalue weighted by Gasteiger charge is -2.28. The molecule has 1 heterocycles. The Morgan fingerprint density at radius 1 is 1.43 bits per heavy atom.